The van der Waals surface area contributed by atoms with Crippen LogP contribution in [0.5, 0.6) is 5.75 Å². The average molecular weight is 180 g/mol. The summed E-state index contributed by atoms with van der Waals surface area (Å²) in [7, 11) is 0. The first-order valence-electron chi connectivity index (χ1n) is 4.56. The van der Waals surface area contributed by atoms with Crippen molar-refractivity contribution < 1.29 is 4.74 Å². The number of rotatable bonds is 4. The number of anilines is 1. The third-order valence-corrected chi connectivity index (χ3v) is 1.48. The molecule has 0 spiro atoms. The Kier molecular flexibility index (Phi) is 3.55. The Labute approximate surface area is 79.1 Å². The molecule has 1 rings (SSSR count). The van der Waals surface area contributed by atoms with Crippen molar-refractivity contribution in [3.63, 3.8) is 0 Å². The van der Waals surface area contributed by atoms with Crippen molar-refractivity contribution in [1.29, 1.82) is 0 Å². The lowest BCUT2D eigenvalue weighted by Crippen LogP contribution is -2.09. The number of nitrogens with zero attached hydrogens (tertiary/aromatic N) is 1. The van der Waals surface area contributed by atoms with Gasteiger partial charge in [0.2, 0.25) is 0 Å². The fourth-order valence-electron chi connectivity index (χ4n) is 1.08. The molecule has 1 aromatic rings. The Hall–Kier alpha value is -1.25. The van der Waals surface area contributed by atoms with Crippen molar-refractivity contribution in [1.82, 2.24) is 4.98 Å². The summed E-state index contributed by atoms with van der Waals surface area (Å²) >= 11 is 0. The third-order valence-electron chi connectivity index (χ3n) is 1.48. The lowest BCUT2D eigenvalue weighted by atomic mass is 10.3. The van der Waals surface area contributed by atoms with Crippen LogP contribution in [0.4, 0.5) is 5.69 Å². The van der Waals surface area contributed by atoms with Crippen molar-refractivity contribution in [2.75, 3.05) is 11.9 Å². The van der Waals surface area contributed by atoms with Gasteiger partial charge in [-0.2, -0.15) is 0 Å². The summed E-state index contributed by atoms with van der Waals surface area (Å²) in [6, 6.07) is 2.37. The van der Waals surface area contributed by atoms with Gasteiger partial charge in [0.15, 0.2) is 0 Å². The van der Waals surface area contributed by atoms with E-state index in [0.717, 1.165) is 11.4 Å². The maximum absolute atomic E-state index is 5.33. The van der Waals surface area contributed by atoms with Crippen LogP contribution in [0.25, 0.3) is 0 Å². The van der Waals surface area contributed by atoms with Crippen molar-refractivity contribution in [2.24, 2.45) is 0 Å². The summed E-state index contributed by atoms with van der Waals surface area (Å²) in [5, 5.41) is 3.26. The highest BCUT2D eigenvalue weighted by molar-refractivity contribution is 5.45. The van der Waals surface area contributed by atoms with Gasteiger partial charge in [-0.25, -0.2) is 0 Å². The maximum Gasteiger partial charge on any atom is 0.139 e. The summed E-state index contributed by atoms with van der Waals surface area (Å²) < 4.78 is 5.33. The zero-order valence-electron chi connectivity index (χ0n) is 8.37. The lowest BCUT2D eigenvalue weighted by Gasteiger charge is -2.10. The third kappa shape index (κ3) is 3.32. The summed E-state index contributed by atoms with van der Waals surface area (Å²) in [4.78, 5) is 4.07. The Balaban J connectivity index is 2.67. The fraction of sp³-hybridized carbons (Fsp3) is 0.500. The molecule has 0 saturated carbocycles. The van der Waals surface area contributed by atoms with Crippen molar-refractivity contribution in [2.45, 2.75) is 26.8 Å². The Bertz CT molecular complexity index is 261. The van der Waals surface area contributed by atoms with Crippen LogP contribution in [0, 0.1) is 0 Å². The number of nitrogens with one attached hydrogen (secondary N) is 1. The highest BCUT2D eigenvalue weighted by atomic mass is 16.5. The molecule has 0 aliphatic heterocycles. The molecule has 0 aliphatic carbocycles. The minimum Gasteiger partial charge on any atom is -0.492 e. The van der Waals surface area contributed by atoms with E-state index in [2.05, 4.69) is 24.1 Å². The van der Waals surface area contributed by atoms with E-state index in [9.17, 15) is 0 Å². The van der Waals surface area contributed by atoms with Crippen LogP contribution in [-0.4, -0.2) is 17.6 Å². The van der Waals surface area contributed by atoms with Crippen LogP contribution in [0.1, 0.15) is 20.8 Å². The number of aromatic nitrogens is 1. The zero-order chi connectivity index (χ0) is 9.68. The molecule has 0 unspecified atom stereocenters. The summed E-state index contributed by atoms with van der Waals surface area (Å²) in [5.74, 6) is 0.813. The van der Waals surface area contributed by atoms with Gasteiger partial charge in [-0.3, -0.25) is 4.98 Å². The van der Waals surface area contributed by atoms with E-state index in [-0.39, 0.29) is 0 Å². The fourth-order valence-corrected chi connectivity index (χ4v) is 1.08. The molecule has 13 heavy (non-hydrogen) atoms. The SMILES string of the molecule is CCOc1cncc(NC(C)C)c1. The largest absolute Gasteiger partial charge is 0.492 e. The Morgan fingerprint density at radius 3 is 2.85 bits per heavy atom. The van der Waals surface area contributed by atoms with E-state index in [1.807, 2.05) is 13.0 Å². The molecule has 0 aromatic carbocycles. The Morgan fingerprint density at radius 1 is 1.46 bits per heavy atom. The highest BCUT2D eigenvalue weighted by Gasteiger charge is 1.97. The molecule has 1 aromatic heterocycles. The molecule has 0 saturated heterocycles. The molecule has 72 valence electrons. The minimum atomic E-state index is 0.415. The zero-order valence-corrected chi connectivity index (χ0v) is 8.37. The van der Waals surface area contributed by atoms with E-state index in [4.69, 9.17) is 4.74 Å². The molecule has 1 N–H and O–H groups in total. The number of ether oxygens (including phenoxy) is 1. The molecule has 3 heteroatoms. The molecular formula is C10H16N2O. The van der Waals surface area contributed by atoms with Gasteiger partial charge >= 0.3 is 0 Å². The first-order chi connectivity index (χ1) is 6.22. The van der Waals surface area contributed by atoms with E-state index in [0.29, 0.717) is 12.6 Å². The Morgan fingerprint density at radius 2 is 2.23 bits per heavy atom. The van der Waals surface area contributed by atoms with Gasteiger partial charge in [0.1, 0.15) is 5.75 Å². The van der Waals surface area contributed by atoms with E-state index in [1.54, 1.807) is 12.4 Å². The van der Waals surface area contributed by atoms with E-state index < -0.39 is 0 Å². The molecule has 0 radical (unpaired) electrons. The normalized spacial score (nSPS) is 10.2. The molecule has 0 aliphatic rings. The molecule has 0 atom stereocenters. The van der Waals surface area contributed by atoms with Gasteiger partial charge in [-0.15, -0.1) is 0 Å². The van der Waals surface area contributed by atoms with Crippen LogP contribution in [0.2, 0.25) is 0 Å². The topological polar surface area (TPSA) is 34.1 Å². The van der Waals surface area contributed by atoms with E-state index >= 15 is 0 Å². The van der Waals surface area contributed by atoms with Crippen LogP contribution in [-0.2, 0) is 0 Å². The van der Waals surface area contributed by atoms with Crippen LogP contribution in [0.3, 0.4) is 0 Å². The van der Waals surface area contributed by atoms with Gasteiger partial charge < -0.3 is 10.1 Å². The smallest absolute Gasteiger partial charge is 0.139 e. The monoisotopic (exact) mass is 180 g/mol. The van der Waals surface area contributed by atoms with Crippen LogP contribution >= 0.6 is 0 Å². The number of hydrogen-bond acceptors (Lipinski definition) is 3. The highest BCUT2D eigenvalue weighted by Crippen LogP contribution is 2.15. The molecule has 1 heterocycles. The molecule has 0 bridgehead atoms. The minimum absolute atomic E-state index is 0.415. The van der Waals surface area contributed by atoms with Crippen LogP contribution in [0.15, 0.2) is 18.5 Å². The molecule has 3 nitrogen and oxygen atoms in total. The van der Waals surface area contributed by atoms with Crippen molar-refractivity contribution >= 4 is 5.69 Å². The average Bonchev–Trinajstić information content (AvgIpc) is 2.04. The maximum atomic E-state index is 5.33. The van der Waals surface area contributed by atoms with Crippen molar-refractivity contribution in [3.05, 3.63) is 18.5 Å². The van der Waals surface area contributed by atoms with Gasteiger partial charge in [0.05, 0.1) is 24.7 Å². The second-order valence-corrected chi connectivity index (χ2v) is 3.14. The first-order valence-corrected chi connectivity index (χ1v) is 4.56. The van der Waals surface area contributed by atoms with Gasteiger partial charge in [0.25, 0.3) is 0 Å². The molecular weight excluding hydrogens is 164 g/mol. The molecule has 0 amide bonds. The predicted octanol–water partition coefficient (Wildman–Crippen LogP) is 2.30. The van der Waals surface area contributed by atoms with Crippen LogP contribution < -0.4 is 10.1 Å². The van der Waals surface area contributed by atoms with E-state index in [1.165, 1.54) is 0 Å². The molecule has 0 fully saturated rings. The summed E-state index contributed by atoms with van der Waals surface area (Å²) in [6.07, 6.45) is 3.51. The second kappa shape index (κ2) is 4.70. The number of hydrogen-bond donors (Lipinski definition) is 1. The second-order valence-electron chi connectivity index (χ2n) is 3.14. The first kappa shape index (κ1) is 9.84. The predicted molar refractivity (Wildman–Crippen MR) is 54.2 cm³/mol. The summed E-state index contributed by atoms with van der Waals surface area (Å²) in [6.45, 7) is 6.82. The van der Waals surface area contributed by atoms with Crippen molar-refractivity contribution in [3.8, 4) is 5.75 Å². The quantitative estimate of drug-likeness (QED) is 0.772. The van der Waals surface area contributed by atoms with Gasteiger partial charge in [-0.1, -0.05) is 0 Å². The lowest BCUT2D eigenvalue weighted by molar-refractivity contribution is 0.339. The summed E-state index contributed by atoms with van der Waals surface area (Å²) in [5.41, 5.74) is 1.00. The number of pyridine rings is 1. The van der Waals surface area contributed by atoms with Gasteiger partial charge in [0, 0.05) is 12.1 Å². The standard InChI is InChI=1S/C10H16N2O/c1-4-13-10-5-9(6-11-7-10)12-8(2)3/h5-8,12H,4H2,1-3H3. The van der Waals surface area contributed by atoms with Gasteiger partial charge in [-0.05, 0) is 20.8 Å².